The molecule has 0 unspecified atom stereocenters. The van der Waals surface area contributed by atoms with Crippen molar-refractivity contribution in [3.63, 3.8) is 0 Å². The van der Waals surface area contributed by atoms with Crippen molar-refractivity contribution in [2.24, 2.45) is 0 Å². The fraction of sp³-hybridized carbons (Fsp3) is 0. The zero-order valence-corrected chi connectivity index (χ0v) is 25.6. The van der Waals surface area contributed by atoms with Crippen molar-refractivity contribution in [3.05, 3.63) is 152 Å². The van der Waals surface area contributed by atoms with E-state index in [0.717, 1.165) is 82.5 Å². The molecule has 0 atom stereocenters. The van der Waals surface area contributed by atoms with Gasteiger partial charge in [-0.15, -0.1) is 0 Å². The van der Waals surface area contributed by atoms with Gasteiger partial charge in [-0.2, -0.15) is 0 Å². The average Bonchev–Trinajstić information content (AvgIpc) is 3.72. The minimum atomic E-state index is 0.588. The number of nitrogens with zero attached hydrogens (tertiary/aromatic N) is 3. The fourth-order valence-corrected chi connectivity index (χ4v) is 6.77. The van der Waals surface area contributed by atoms with Gasteiger partial charge in [-0.3, -0.25) is 0 Å². The molecule has 224 valence electrons. The molecule has 5 nitrogen and oxygen atoms in total. The number of hydrogen-bond acceptors (Lipinski definition) is 5. The summed E-state index contributed by atoms with van der Waals surface area (Å²) in [4.78, 5) is 15.3. The van der Waals surface area contributed by atoms with E-state index in [0.29, 0.717) is 17.5 Å². The Hall–Kier alpha value is -6.59. The summed E-state index contributed by atoms with van der Waals surface area (Å²) in [5, 5.41) is 6.36. The monoisotopic (exact) mass is 615 g/mol. The zero-order valence-electron chi connectivity index (χ0n) is 25.6. The molecule has 0 radical (unpaired) electrons. The van der Waals surface area contributed by atoms with Crippen molar-refractivity contribution in [2.75, 3.05) is 0 Å². The van der Waals surface area contributed by atoms with Gasteiger partial charge in [0.1, 0.15) is 22.3 Å². The molecule has 0 spiro atoms. The first-order valence-corrected chi connectivity index (χ1v) is 15.9. The van der Waals surface area contributed by atoms with Crippen LogP contribution in [0.4, 0.5) is 0 Å². The molecule has 0 saturated carbocycles. The molecule has 10 aromatic rings. The largest absolute Gasteiger partial charge is 0.456 e. The van der Waals surface area contributed by atoms with Gasteiger partial charge in [0.25, 0.3) is 0 Å². The number of rotatable bonds is 4. The molecule has 0 aliphatic carbocycles. The van der Waals surface area contributed by atoms with Gasteiger partial charge in [0, 0.05) is 38.2 Å². The molecule has 0 fully saturated rings. The van der Waals surface area contributed by atoms with Crippen LogP contribution in [0.25, 0.3) is 99.9 Å². The second-order valence-electron chi connectivity index (χ2n) is 12.0. The quantitative estimate of drug-likeness (QED) is 0.197. The first kappa shape index (κ1) is 26.6. The molecule has 7 aromatic carbocycles. The number of benzene rings is 7. The highest BCUT2D eigenvalue weighted by Gasteiger charge is 2.19. The number of hydrogen-bond donors (Lipinski definition) is 0. The van der Waals surface area contributed by atoms with Crippen LogP contribution in [0.1, 0.15) is 0 Å². The molecule has 0 aliphatic heterocycles. The summed E-state index contributed by atoms with van der Waals surface area (Å²) < 4.78 is 12.6. The minimum absolute atomic E-state index is 0.588. The first-order chi connectivity index (χ1) is 23.7. The number of aromatic nitrogens is 3. The van der Waals surface area contributed by atoms with Crippen LogP contribution in [0.2, 0.25) is 0 Å². The summed E-state index contributed by atoms with van der Waals surface area (Å²) in [7, 11) is 0. The Morgan fingerprint density at radius 3 is 1.90 bits per heavy atom. The van der Waals surface area contributed by atoms with Crippen molar-refractivity contribution < 1.29 is 8.83 Å². The second kappa shape index (κ2) is 10.5. The maximum absolute atomic E-state index is 6.35. The molecule has 3 aromatic heterocycles. The Bertz CT molecular complexity index is 2850. The Morgan fingerprint density at radius 2 is 1.00 bits per heavy atom. The normalized spacial score (nSPS) is 11.8. The molecule has 0 bridgehead atoms. The molecular formula is C43H25N3O2. The van der Waals surface area contributed by atoms with Crippen LogP contribution >= 0.6 is 0 Å². The molecule has 3 heterocycles. The molecule has 10 rings (SSSR count). The van der Waals surface area contributed by atoms with Gasteiger partial charge in [-0.05, 0) is 70.4 Å². The van der Waals surface area contributed by atoms with Crippen molar-refractivity contribution in [1.29, 1.82) is 0 Å². The highest BCUT2D eigenvalue weighted by Crippen LogP contribution is 2.38. The Morgan fingerprint density at radius 1 is 0.333 bits per heavy atom. The van der Waals surface area contributed by atoms with E-state index in [9.17, 15) is 0 Å². The van der Waals surface area contributed by atoms with Gasteiger partial charge in [-0.1, -0.05) is 103 Å². The van der Waals surface area contributed by atoms with E-state index in [4.69, 9.17) is 23.8 Å². The zero-order chi connectivity index (χ0) is 31.6. The van der Waals surface area contributed by atoms with E-state index in [1.807, 2.05) is 54.6 Å². The molecule has 48 heavy (non-hydrogen) atoms. The number of furan rings is 2. The first-order valence-electron chi connectivity index (χ1n) is 15.9. The van der Waals surface area contributed by atoms with E-state index >= 15 is 0 Å². The van der Waals surface area contributed by atoms with E-state index < -0.39 is 0 Å². The molecule has 0 N–H and O–H groups in total. The SMILES string of the molecule is c1ccc(-c2ccc3c(c2)oc2ccc(-c4nc(-c5ccc6ccccc6c5)nc(-c5cccc6oc7ccccc7c56)n4)cc23)cc1. The molecular weight excluding hydrogens is 590 g/mol. The third-order valence-corrected chi connectivity index (χ3v) is 9.12. The third-order valence-electron chi connectivity index (χ3n) is 9.12. The van der Waals surface area contributed by atoms with Crippen LogP contribution in [0.15, 0.2) is 160 Å². The maximum atomic E-state index is 6.35. The van der Waals surface area contributed by atoms with Gasteiger partial charge >= 0.3 is 0 Å². The van der Waals surface area contributed by atoms with E-state index in [2.05, 4.69) is 97.1 Å². The summed E-state index contributed by atoms with van der Waals surface area (Å²) in [5.41, 5.74) is 8.25. The van der Waals surface area contributed by atoms with E-state index in [1.165, 1.54) is 0 Å². The van der Waals surface area contributed by atoms with Gasteiger partial charge in [0.2, 0.25) is 0 Å². The Kier molecular flexibility index (Phi) is 5.81. The van der Waals surface area contributed by atoms with Crippen LogP contribution < -0.4 is 0 Å². The van der Waals surface area contributed by atoms with E-state index in [1.54, 1.807) is 0 Å². The van der Waals surface area contributed by atoms with Gasteiger partial charge in [0.15, 0.2) is 17.5 Å². The maximum Gasteiger partial charge on any atom is 0.164 e. The third kappa shape index (κ3) is 4.29. The second-order valence-corrected chi connectivity index (χ2v) is 12.0. The number of para-hydroxylation sites is 1. The Balaban J connectivity index is 1.18. The standard InChI is InChI=1S/C43H25N3O2/c1-2-9-26(10-3-1)29-19-21-32-35-24-31(20-22-37(35)48-39(32)25-29)42-44-41(30-18-17-27-11-4-5-12-28(27)23-30)45-43(46-42)34-14-8-16-38-40(34)33-13-6-7-15-36(33)47-38/h1-25H. The van der Waals surface area contributed by atoms with Crippen LogP contribution in [-0.4, -0.2) is 15.0 Å². The summed E-state index contributed by atoms with van der Waals surface area (Å²) in [6.07, 6.45) is 0. The highest BCUT2D eigenvalue weighted by molar-refractivity contribution is 6.12. The van der Waals surface area contributed by atoms with Crippen LogP contribution in [0, 0.1) is 0 Å². The minimum Gasteiger partial charge on any atom is -0.456 e. The van der Waals surface area contributed by atoms with Crippen molar-refractivity contribution in [3.8, 4) is 45.3 Å². The van der Waals surface area contributed by atoms with Crippen LogP contribution in [0.3, 0.4) is 0 Å². The topological polar surface area (TPSA) is 65.0 Å². The Labute approximate surface area is 274 Å². The smallest absolute Gasteiger partial charge is 0.164 e. The predicted molar refractivity (Wildman–Crippen MR) is 194 cm³/mol. The predicted octanol–water partition coefficient (Wildman–Crippen LogP) is 11.5. The van der Waals surface area contributed by atoms with Gasteiger partial charge < -0.3 is 8.83 Å². The molecule has 0 saturated heterocycles. The van der Waals surface area contributed by atoms with Crippen LogP contribution in [0.5, 0.6) is 0 Å². The molecule has 0 aliphatic rings. The lowest BCUT2D eigenvalue weighted by Crippen LogP contribution is -2.00. The summed E-state index contributed by atoms with van der Waals surface area (Å²) in [6.45, 7) is 0. The molecule has 0 amide bonds. The summed E-state index contributed by atoms with van der Waals surface area (Å²) in [5.74, 6) is 1.78. The summed E-state index contributed by atoms with van der Waals surface area (Å²) >= 11 is 0. The average molecular weight is 616 g/mol. The molecule has 5 heteroatoms. The van der Waals surface area contributed by atoms with Gasteiger partial charge in [0.05, 0.1) is 0 Å². The van der Waals surface area contributed by atoms with E-state index in [-0.39, 0.29) is 0 Å². The van der Waals surface area contributed by atoms with Crippen LogP contribution in [-0.2, 0) is 0 Å². The van der Waals surface area contributed by atoms with Crippen molar-refractivity contribution in [1.82, 2.24) is 15.0 Å². The lowest BCUT2D eigenvalue weighted by atomic mass is 10.0. The highest BCUT2D eigenvalue weighted by atomic mass is 16.3. The summed E-state index contributed by atoms with van der Waals surface area (Å²) in [6, 6.07) is 51.7. The van der Waals surface area contributed by atoms with Crippen molar-refractivity contribution >= 4 is 54.6 Å². The lowest BCUT2D eigenvalue weighted by molar-refractivity contribution is 0.668. The van der Waals surface area contributed by atoms with Crippen molar-refractivity contribution in [2.45, 2.75) is 0 Å². The fourth-order valence-electron chi connectivity index (χ4n) is 6.77. The number of fused-ring (bicyclic) bond motifs is 7. The van der Waals surface area contributed by atoms with Gasteiger partial charge in [-0.25, -0.2) is 15.0 Å². The lowest BCUT2D eigenvalue weighted by Gasteiger charge is -2.10.